The van der Waals surface area contributed by atoms with Crippen LogP contribution in [0.15, 0.2) is 24.3 Å². The Morgan fingerprint density at radius 2 is 1.90 bits per heavy atom. The molecule has 20 heavy (non-hydrogen) atoms. The van der Waals surface area contributed by atoms with Gasteiger partial charge in [-0.15, -0.1) is 0 Å². The van der Waals surface area contributed by atoms with Crippen molar-refractivity contribution in [3.05, 3.63) is 35.4 Å². The van der Waals surface area contributed by atoms with Gasteiger partial charge in [-0.05, 0) is 37.6 Å². The Balaban J connectivity index is 2.47. The van der Waals surface area contributed by atoms with E-state index >= 15 is 0 Å². The summed E-state index contributed by atoms with van der Waals surface area (Å²) in [4.78, 5) is 2.37. The van der Waals surface area contributed by atoms with Gasteiger partial charge in [-0.3, -0.25) is 0 Å². The van der Waals surface area contributed by atoms with Gasteiger partial charge in [0.2, 0.25) is 0 Å². The van der Waals surface area contributed by atoms with Crippen molar-refractivity contribution in [1.82, 2.24) is 10.2 Å². The molecule has 3 heteroatoms. The summed E-state index contributed by atoms with van der Waals surface area (Å²) in [5.74, 6) is 0. The second-order valence-electron chi connectivity index (χ2n) is 5.71. The molecule has 0 saturated heterocycles. The molecule has 0 spiro atoms. The van der Waals surface area contributed by atoms with Crippen LogP contribution < -0.4 is 5.32 Å². The maximum absolute atomic E-state index is 5.11. The van der Waals surface area contributed by atoms with Crippen LogP contribution in [0.1, 0.15) is 31.4 Å². The molecule has 0 aliphatic heterocycles. The zero-order valence-corrected chi connectivity index (χ0v) is 13.5. The summed E-state index contributed by atoms with van der Waals surface area (Å²) in [7, 11) is 3.94. The lowest BCUT2D eigenvalue weighted by Crippen LogP contribution is -2.26. The Bertz CT molecular complexity index is 366. The summed E-state index contributed by atoms with van der Waals surface area (Å²) in [5, 5.41) is 3.49. The average Bonchev–Trinajstić information content (AvgIpc) is 2.40. The molecule has 0 atom stereocenters. The van der Waals surface area contributed by atoms with E-state index in [4.69, 9.17) is 4.74 Å². The lowest BCUT2D eigenvalue weighted by atomic mass is 10.0. The number of ether oxygens (including phenoxy) is 1. The lowest BCUT2D eigenvalue weighted by Gasteiger charge is -2.19. The molecular weight excluding hydrogens is 248 g/mol. The number of hydrogen-bond acceptors (Lipinski definition) is 3. The van der Waals surface area contributed by atoms with E-state index in [9.17, 15) is 0 Å². The topological polar surface area (TPSA) is 24.5 Å². The van der Waals surface area contributed by atoms with E-state index < -0.39 is 0 Å². The van der Waals surface area contributed by atoms with Crippen LogP contribution in [0, 0.1) is 0 Å². The molecule has 0 fully saturated rings. The zero-order chi connectivity index (χ0) is 14.8. The summed E-state index contributed by atoms with van der Waals surface area (Å²) in [5.41, 5.74) is 2.90. The first kappa shape index (κ1) is 17.2. The monoisotopic (exact) mass is 278 g/mol. The van der Waals surface area contributed by atoms with E-state index in [1.165, 1.54) is 11.1 Å². The highest BCUT2D eigenvalue weighted by Crippen LogP contribution is 2.12. The fraction of sp³-hybridized carbons (Fsp3) is 0.647. The highest BCUT2D eigenvalue weighted by Gasteiger charge is 2.05. The molecule has 0 radical (unpaired) electrons. The second kappa shape index (κ2) is 9.92. The first-order valence-electron chi connectivity index (χ1n) is 7.61. The number of hydrogen-bond donors (Lipinski definition) is 1. The van der Waals surface area contributed by atoms with Crippen molar-refractivity contribution in [2.24, 2.45) is 0 Å². The van der Waals surface area contributed by atoms with Crippen LogP contribution in [-0.2, 0) is 17.7 Å². The predicted octanol–water partition coefficient (Wildman–Crippen LogP) is 2.70. The van der Waals surface area contributed by atoms with Crippen LogP contribution >= 0.6 is 0 Å². The predicted molar refractivity (Wildman–Crippen MR) is 86.1 cm³/mol. The third-order valence-electron chi connectivity index (χ3n) is 3.39. The van der Waals surface area contributed by atoms with Crippen LogP contribution in [0.5, 0.6) is 0 Å². The second-order valence-corrected chi connectivity index (χ2v) is 5.71. The number of nitrogens with zero attached hydrogens (tertiary/aromatic N) is 1. The maximum atomic E-state index is 5.11. The maximum Gasteiger partial charge on any atom is 0.0474 e. The molecule has 1 aromatic rings. The summed E-state index contributed by atoms with van der Waals surface area (Å²) in [6.07, 6.45) is 2.18. The summed E-state index contributed by atoms with van der Waals surface area (Å²) < 4.78 is 5.11. The number of methoxy groups -OCH3 is 1. The van der Waals surface area contributed by atoms with Crippen LogP contribution in [0.2, 0.25) is 0 Å². The van der Waals surface area contributed by atoms with Gasteiger partial charge in [-0.25, -0.2) is 0 Å². The largest absolute Gasteiger partial charge is 0.385 e. The minimum absolute atomic E-state index is 0.555. The van der Waals surface area contributed by atoms with Crippen molar-refractivity contribution in [3.63, 3.8) is 0 Å². The summed E-state index contributed by atoms with van der Waals surface area (Å²) in [6, 6.07) is 9.33. The third kappa shape index (κ3) is 7.04. The molecule has 0 bridgehead atoms. The van der Waals surface area contributed by atoms with Gasteiger partial charge >= 0.3 is 0 Å². The van der Waals surface area contributed by atoms with Crippen LogP contribution in [0.3, 0.4) is 0 Å². The fourth-order valence-corrected chi connectivity index (χ4v) is 2.30. The van der Waals surface area contributed by atoms with Gasteiger partial charge in [0, 0.05) is 32.8 Å². The van der Waals surface area contributed by atoms with E-state index in [1.54, 1.807) is 7.11 Å². The van der Waals surface area contributed by atoms with E-state index in [0.29, 0.717) is 6.04 Å². The standard InChI is InChI=1S/C17H30N2O/c1-15(2)18-11-10-16-8-5-6-9-17(16)14-19(3)12-7-13-20-4/h5-6,8-9,15,18H,7,10-14H2,1-4H3. The van der Waals surface area contributed by atoms with Crippen LogP contribution in [0.25, 0.3) is 0 Å². The van der Waals surface area contributed by atoms with Gasteiger partial charge in [0.15, 0.2) is 0 Å². The van der Waals surface area contributed by atoms with Gasteiger partial charge < -0.3 is 15.0 Å². The van der Waals surface area contributed by atoms with Crippen molar-refractivity contribution in [2.75, 3.05) is 33.9 Å². The molecule has 1 aromatic carbocycles. The Morgan fingerprint density at radius 3 is 2.55 bits per heavy atom. The SMILES string of the molecule is COCCCN(C)Cc1ccccc1CCNC(C)C. The minimum Gasteiger partial charge on any atom is -0.385 e. The van der Waals surface area contributed by atoms with Gasteiger partial charge in [0.1, 0.15) is 0 Å². The molecular formula is C17H30N2O. The van der Waals surface area contributed by atoms with Crippen LogP contribution in [-0.4, -0.2) is 44.8 Å². The molecule has 1 N–H and O–H groups in total. The van der Waals surface area contributed by atoms with Crippen molar-refractivity contribution < 1.29 is 4.74 Å². The number of nitrogens with one attached hydrogen (secondary N) is 1. The van der Waals surface area contributed by atoms with Gasteiger partial charge in [-0.1, -0.05) is 38.1 Å². The minimum atomic E-state index is 0.555. The molecule has 0 saturated carbocycles. The molecule has 0 aromatic heterocycles. The molecule has 0 aliphatic carbocycles. The van der Waals surface area contributed by atoms with Gasteiger partial charge in [-0.2, -0.15) is 0 Å². The third-order valence-corrected chi connectivity index (χ3v) is 3.39. The number of rotatable bonds is 10. The highest BCUT2D eigenvalue weighted by atomic mass is 16.5. The lowest BCUT2D eigenvalue weighted by molar-refractivity contribution is 0.178. The molecule has 3 nitrogen and oxygen atoms in total. The van der Waals surface area contributed by atoms with Crippen molar-refractivity contribution in [3.8, 4) is 0 Å². The molecule has 0 heterocycles. The molecule has 0 unspecified atom stereocenters. The van der Waals surface area contributed by atoms with Crippen molar-refractivity contribution >= 4 is 0 Å². The first-order chi connectivity index (χ1) is 9.63. The fourth-order valence-electron chi connectivity index (χ4n) is 2.30. The zero-order valence-electron chi connectivity index (χ0n) is 13.5. The van der Waals surface area contributed by atoms with E-state index in [0.717, 1.165) is 39.1 Å². The normalized spacial score (nSPS) is 11.5. The highest BCUT2D eigenvalue weighted by molar-refractivity contribution is 5.27. The first-order valence-corrected chi connectivity index (χ1v) is 7.61. The Kier molecular flexibility index (Phi) is 8.51. The molecule has 114 valence electrons. The molecule has 0 aliphatic rings. The summed E-state index contributed by atoms with van der Waals surface area (Å²) >= 11 is 0. The van der Waals surface area contributed by atoms with Crippen molar-refractivity contribution in [1.29, 1.82) is 0 Å². The quantitative estimate of drug-likeness (QED) is 0.666. The Labute approximate surface area is 124 Å². The molecule has 1 rings (SSSR count). The van der Waals surface area contributed by atoms with Crippen LogP contribution in [0.4, 0.5) is 0 Å². The van der Waals surface area contributed by atoms with E-state index in [1.807, 2.05) is 0 Å². The van der Waals surface area contributed by atoms with Gasteiger partial charge in [0.05, 0.1) is 0 Å². The smallest absolute Gasteiger partial charge is 0.0474 e. The summed E-state index contributed by atoms with van der Waals surface area (Å²) in [6.45, 7) is 8.35. The molecule has 0 amide bonds. The van der Waals surface area contributed by atoms with Crippen molar-refractivity contribution in [2.45, 2.75) is 39.3 Å². The average molecular weight is 278 g/mol. The van der Waals surface area contributed by atoms with Gasteiger partial charge in [0.25, 0.3) is 0 Å². The Hall–Kier alpha value is -0.900. The Morgan fingerprint density at radius 1 is 1.20 bits per heavy atom. The van der Waals surface area contributed by atoms with E-state index in [-0.39, 0.29) is 0 Å². The van der Waals surface area contributed by atoms with E-state index in [2.05, 4.69) is 55.4 Å². The number of benzene rings is 1.